The molecule has 4 N–H and O–H groups in total. The summed E-state index contributed by atoms with van der Waals surface area (Å²) in [5.74, 6) is -0.917. The minimum Gasteiger partial charge on any atom is -0.480 e. The normalized spacial score (nSPS) is 10.9. The molecule has 0 unspecified atom stereocenters. The Bertz CT molecular complexity index is 1300. The molecule has 0 aliphatic heterocycles. The highest BCUT2D eigenvalue weighted by molar-refractivity contribution is 6.32. The number of aromatic amines is 1. The van der Waals surface area contributed by atoms with Crippen molar-refractivity contribution in [1.82, 2.24) is 30.2 Å². The summed E-state index contributed by atoms with van der Waals surface area (Å²) >= 11 is 6.22. The molecular formula is C18H15ClN8O3. The molecule has 0 bridgehead atoms. The van der Waals surface area contributed by atoms with Gasteiger partial charge in [0, 0.05) is 12.3 Å². The molecule has 3 aromatic heterocycles. The molecule has 0 radical (unpaired) electrons. The number of benzene rings is 1. The highest BCUT2D eigenvalue weighted by Crippen LogP contribution is 2.29. The third-order valence-electron chi connectivity index (χ3n) is 4.36. The van der Waals surface area contributed by atoms with E-state index in [4.69, 9.17) is 22.1 Å². The Hall–Kier alpha value is -3.99. The van der Waals surface area contributed by atoms with Crippen LogP contribution in [0, 0.1) is 6.92 Å². The molecule has 2 amide bonds. The van der Waals surface area contributed by atoms with Gasteiger partial charge in [0.05, 0.1) is 23.4 Å². The van der Waals surface area contributed by atoms with E-state index in [0.29, 0.717) is 11.1 Å². The number of halogens is 1. The number of hydrogen-bond acceptors (Lipinski definition) is 7. The average molecular weight is 427 g/mol. The monoisotopic (exact) mass is 426 g/mol. The van der Waals surface area contributed by atoms with Gasteiger partial charge in [0.1, 0.15) is 16.7 Å². The predicted molar refractivity (Wildman–Crippen MR) is 108 cm³/mol. The van der Waals surface area contributed by atoms with Gasteiger partial charge in [-0.1, -0.05) is 11.6 Å². The molecule has 0 atom stereocenters. The van der Waals surface area contributed by atoms with Crippen molar-refractivity contribution in [3.63, 3.8) is 0 Å². The van der Waals surface area contributed by atoms with Crippen molar-refractivity contribution in [3.05, 3.63) is 52.3 Å². The number of anilines is 1. The number of aryl methyl sites for hydroxylation is 1. The van der Waals surface area contributed by atoms with Gasteiger partial charge in [-0.3, -0.25) is 9.59 Å². The van der Waals surface area contributed by atoms with E-state index in [9.17, 15) is 9.59 Å². The Morgan fingerprint density at radius 1 is 1.30 bits per heavy atom. The third-order valence-corrected chi connectivity index (χ3v) is 4.66. The fourth-order valence-electron chi connectivity index (χ4n) is 3.01. The van der Waals surface area contributed by atoms with E-state index in [1.807, 2.05) is 0 Å². The van der Waals surface area contributed by atoms with Crippen LogP contribution in [0.15, 0.2) is 30.5 Å². The Kier molecular flexibility index (Phi) is 4.80. The third kappa shape index (κ3) is 3.20. The maximum absolute atomic E-state index is 13.2. The molecule has 152 valence electrons. The highest BCUT2D eigenvalue weighted by atomic mass is 35.5. The molecular weight excluding hydrogens is 412 g/mol. The number of carbonyl (C=O) groups excluding carboxylic acids is 2. The Morgan fingerprint density at radius 2 is 2.10 bits per heavy atom. The first-order chi connectivity index (χ1) is 14.4. The summed E-state index contributed by atoms with van der Waals surface area (Å²) in [6.07, 6.45) is 1.52. The predicted octanol–water partition coefficient (Wildman–Crippen LogP) is 1.86. The SMILES string of the molecule is COc1cc(C(=O)Nc2c(C)cc3n[nH]nc3c2C(N)=O)n(-c2ncccc2Cl)n1. The minimum absolute atomic E-state index is 0.0426. The van der Waals surface area contributed by atoms with Crippen LogP contribution in [0.1, 0.15) is 26.4 Å². The van der Waals surface area contributed by atoms with Crippen LogP contribution in [0.25, 0.3) is 16.9 Å². The average Bonchev–Trinajstić information content (AvgIpc) is 3.35. The number of carbonyl (C=O) groups is 2. The van der Waals surface area contributed by atoms with Gasteiger partial charge in [0.15, 0.2) is 5.82 Å². The molecule has 0 saturated heterocycles. The number of nitrogens with one attached hydrogen (secondary N) is 2. The summed E-state index contributed by atoms with van der Waals surface area (Å²) in [6.45, 7) is 1.71. The second-order valence-corrected chi connectivity index (χ2v) is 6.65. The molecule has 0 spiro atoms. The number of nitrogens with zero attached hydrogens (tertiary/aromatic N) is 5. The smallest absolute Gasteiger partial charge is 0.274 e. The van der Waals surface area contributed by atoms with Gasteiger partial charge < -0.3 is 15.8 Å². The number of hydrogen-bond donors (Lipinski definition) is 3. The van der Waals surface area contributed by atoms with Crippen molar-refractivity contribution < 1.29 is 14.3 Å². The number of fused-ring (bicyclic) bond motifs is 1. The van der Waals surface area contributed by atoms with Gasteiger partial charge in [0.25, 0.3) is 11.8 Å². The lowest BCUT2D eigenvalue weighted by Crippen LogP contribution is -2.22. The van der Waals surface area contributed by atoms with E-state index in [1.165, 1.54) is 24.1 Å². The summed E-state index contributed by atoms with van der Waals surface area (Å²) < 4.78 is 6.41. The zero-order valence-electron chi connectivity index (χ0n) is 15.8. The zero-order valence-corrected chi connectivity index (χ0v) is 16.6. The number of methoxy groups -OCH3 is 1. The molecule has 30 heavy (non-hydrogen) atoms. The van der Waals surface area contributed by atoms with Gasteiger partial charge in [-0.15, -0.1) is 5.10 Å². The fourth-order valence-corrected chi connectivity index (χ4v) is 3.21. The number of nitrogens with two attached hydrogens (primary N) is 1. The minimum atomic E-state index is -0.758. The van der Waals surface area contributed by atoms with Gasteiger partial charge in [-0.25, -0.2) is 9.67 Å². The van der Waals surface area contributed by atoms with Crippen LogP contribution < -0.4 is 15.8 Å². The lowest BCUT2D eigenvalue weighted by Gasteiger charge is -2.13. The fraction of sp³-hybridized carbons (Fsp3) is 0.111. The van der Waals surface area contributed by atoms with Gasteiger partial charge in [-0.05, 0) is 30.7 Å². The van der Waals surface area contributed by atoms with Gasteiger partial charge in [0.2, 0.25) is 5.88 Å². The number of H-pyrrole nitrogens is 1. The van der Waals surface area contributed by atoms with Crippen molar-refractivity contribution in [2.75, 3.05) is 12.4 Å². The summed E-state index contributed by atoms with van der Waals surface area (Å²) in [5, 5.41) is 17.6. The Balaban J connectivity index is 1.82. The number of rotatable bonds is 5. The molecule has 4 aromatic rings. The van der Waals surface area contributed by atoms with E-state index >= 15 is 0 Å². The Morgan fingerprint density at radius 3 is 2.80 bits per heavy atom. The van der Waals surface area contributed by atoms with Crippen molar-refractivity contribution in [3.8, 4) is 11.7 Å². The van der Waals surface area contributed by atoms with Crippen LogP contribution in [0.5, 0.6) is 5.88 Å². The first kappa shape index (κ1) is 19.3. The maximum atomic E-state index is 13.2. The zero-order chi connectivity index (χ0) is 21.4. The summed E-state index contributed by atoms with van der Waals surface area (Å²) in [5.41, 5.74) is 7.18. The van der Waals surface area contributed by atoms with E-state index < -0.39 is 11.8 Å². The quantitative estimate of drug-likeness (QED) is 0.440. The number of primary amides is 1. The molecule has 0 aliphatic rings. The molecule has 1 aromatic carbocycles. The van der Waals surface area contributed by atoms with E-state index in [2.05, 4.69) is 30.8 Å². The molecule has 12 heteroatoms. The number of amides is 2. The van der Waals surface area contributed by atoms with E-state index in [0.717, 1.165) is 0 Å². The van der Waals surface area contributed by atoms with Crippen molar-refractivity contribution in [2.45, 2.75) is 6.92 Å². The molecule has 3 heterocycles. The molecule has 4 rings (SSSR count). The first-order valence-electron chi connectivity index (χ1n) is 8.61. The lowest BCUT2D eigenvalue weighted by molar-refractivity contribution is 0.100. The largest absolute Gasteiger partial charge is 0.480 e. The topological polar surface area (TPSA) is 154 Å². The van der Waals surface area contributed by atoms with Gasteiger partial charge >= 0.3 is 0 Å². The number of pyridine rings is 1. The number of ether oxygens (including phenoxy) is 1. The highest BCUT2D eigenvalue weighted by Gasteiger charge is 2.24. The van der Waals surface area contributed by atoms with Crippen molar-refractivity contribution in [2.24, 2.45) is 5.73 Å². The maximum Gasteiger partial charge on any atom is 0.274 e. The van der Waals surface area contributed by atoms with E-state index in [1.54, 1.807) is 25.1 Å². The Labute approximate surface area is 174 Å². The van der Waals surface area contributed by atoms with Crippen LogP contribution in [0.2, 0.25) is 5.02 Å². The van der Waals surface area contributed by atoms with Crippen molar-refractivity contribution in [1.29, 1.82) is 0 Å². The van der Waals surface area contributed by atoms with Crippen LogP contribution in [-0.4, -0.2) is 49.1 Å². The molecule has 0 saturated carbocycles. The summed E-state index contributed by atoms with van der Waals surface area (Å²) in [7, 11) is 1.42. The summed E-state index contributed by atoms with van der Waals surface area (Å²) in [4.78, 5) is 29.4. The number of aromatic nitrogens is 6. The molecule has 11 nitrogen and oxygen atoms in total. The second-order valence-electron chi connectivity index (χ2n) is 6.25. The second kappa shape index (κ2) is 7.44. The van der Waals surface area contributed by atoms with Crippen LogP contribution in [0.4, 0.5) is 5.69 Å². The van der Waals surface area contributed by atoms with Gasteiger partial charge in [-0.2, -0.15) is 15.4 Å². The molecule has 0 fully saturated rings. The standard InChI is InChI=1S/C18H15ClN8O3/c1-8-6-10-15(24-26-23-10)13(16(20)28)14(8)22-18(29)11-7-12(30-2)25-27(11)17-9(19)4-3-5-21-17/h3-7H,1-2H3,(H2,20,28)(H,22,29)(H,23,24,26). The van der Waals surface area contributed by atoms with Crippen LogP contribution in [0.3, 0.4) is 0 Å². The van der Waals surface area contributed by atoms with Crippen LogP contribution in [-0.2, 0) is 0 Å². The molecule has 0 aliphatic carbocycles. The first-order valence-corrected chi connectivity index (χ1v) is 8.98. The lowest BCUT2D eigenvalue weighted by atomic mass is 10.0. The van der Waals surface area contributed by atoms with Crippen molar-refractivity contribution >= 4 is 40.1 Å². The van der Waals surface area contributed by atoms with Crippen LogP contribution >= 0.6 is 11.6 Å². The van der Waals surface area contributed by atoms with E-state index in [-0.39, 0.29) is 39.2 Å². The summed E-state index contributed by atoms with van der Waals surface area (Å²) in [6, 6.07) is 6.37.